The molecule has 2 amide bonds. The Kier molecular flexibility index (Phi) is 6.22. The minimum absolute atomic E-state index is 0.00193. The molecule has 0 spiro atoms. The number of hydrazone groups is 1. The molecule has 2 aromatic carbocycles. The monoisotopic (exact) mass is 456 g/mol. The molecule has 2 N–H and O–H groups in total. The van der Waals surface area contributed by atoms with Gasteiger partial charge in [0, 0.05) is 18.4 Å². The van der Waals surface area contributed by atoms with Crippen molar-refractivity contribution in [2.24, 2.45) is 5.10 Å². The highest BCUT2D eigenvalue weighted by atomic mass is 16.7. The van der Waals surface area contributed by atoms with Crippen molar-refractivity contribution in [1.29, 1.82) is 5.26 Å². The number of nitriles is 1. The molecule has 0 aliphatic carbocycles. The van der Waals surface area contributed by atoms with Gasteiger partial charge in [-0.05, 0) is 17.7 Å². The second-order valence-corrected chi connectivity index (χ2v) is 7.07. The van der Waals surface area contributed by atoms with Crippen molar-refractivity contribution in [3.63, 3.8) is 0 Å². The fourth-order valence-corrected chi connectivity index (χ4v) is 3.14. The Hall–Kier alpha value is -5.11. The van der Waals surface area contributed by atoms with Crippen molar-refractivity contribution in [2.75, 3.05) is 5.43 Å². The van der Waals surface area contributed by atoms with Crippen LogP contribution in [0.4, 0.5) is 5.95 Å². The maximum atomic E-state index is 12.3. The topological polar surface area (TPSA) is 158 Å². The van der Waals surface area contributed by atoms with Gasteiger partial charge in [-0.2, -0.15) is 10.4 Å². The molecule has 0 radical (unpaired) electrons. The van der Waals surface area contributed by atoms with E-state index in [4.69, 9.17) is 4.84 Å². The Balaban J connectivity index is 1.50. The van der Waals surface area contributed by atoms with E-state index in [1.165, 1.54) is 18.3 Å². The van der Waals surface area contributed by atoms with E-state index in [9.17, 15) is 24.4 Å². The van der Waals surface area contributed by atoms with Gasteiger partial charge in [-0.15, -0.1) is 5.06 Å². The molecule has 1 saturated heterocycles. The third-order valence-corrected chi connectivity index (χ3v) is 4.76. The Morgan fingerprint density at radius 3 is 2.56 bits per heavy atom. The third kappa shape index (κ3) is 4.71. The van der Waals surface area contributed by atoms with E-state index in [0.717, 1.165) is 0 Å². The van der Waals surface area contributed by atoms with Crippen LogP contribution in [0.5, 0.6) is 0 Å². The zero-order valence-corrected chi connectivity index (χ0v) is 17.5. The number of amides is 2. The summed E-state index contributed by atoms with van der Waals surface area (Å²) in [5, 5.41) is 13.8. The van der Waals surface area contributed by atoms with Crippen LogP contribution in [-0.2, 0) is 14.4 Å². The zero-order chi connectivity index (χ0) is 24.1. The number of H-pyrrole nitrogens is 1. The van der Waals surface area contributed by atoms with Crippen LogP contribution in [0.15, 0.2) is 64.5 Å². The number of rotatable bonds is 6. The Labute approximate surface area is 192 Å². The summed E-state index contributed by atoms with van der Waals surface area (Å²) in [6.45, 7) is 0. The van der Waals surface area contributed by atoms with E-state index in [-0.39, 0.29) is 35.6 Å². The highest BCUT2D eigenvalue weighted by molar-refractivity contribution is 6.03. The molecular weight excluding hydrogens is 440 g/mol. The molecule has 1 aliphatic heterocycles. The maximum Gasteiger partial charge on any atom is 0.363 e. The Bertz CT molecular complexity index is 1390. The molecule has 168 valence electrons. The zero-order valence-electron chi connectivity index (χ0n) is 17.5. The molecule has 4 rings (SSSR count). The number of hydrogen-bond acceptors (Lipinski definition) is 9. The van der Waals surface area contributed by atoms with Crippen LogP contribution in [0.3, 0.4) is 0 Å². The van der Waals surface area contributed by atoms with Crippen LogP contribution in [0.2, 0.25) is 0 Å². The number of carbonyl (C=O) groups excluding carboxylic acids is 3. The molecule has 34 heavy (non-hydrogen) atoms. The number of aromatic nitrogens is 2. The van der Waals surface area contributed by atoms with Crippen molar-refractivity contribution >= 4 is 29.9 Å². The van der Waals surface area contributed by atoms with Crippen LogP contribution in [0, 0.1) is 11.3 Å². The van der Waals surface area contributed by atoms with Crippen LogP contribution >= 0.6 is 0 Å². The molecule has 0 saturated carbocycles. The summed E-state index contributed by atoms with van der Waals surface area (Å²) in [6.07, 6.45) is 1.37. The van der Waals surface area contributed by atoms with E-state index in [1.54, 1.807) is 42.5 Å². The van der Waals surface area contributed by atoms with Gasteiger partial charge in [0.05, 0.1) is 17.5 Å². The van der Waals surface area contributed by atoms with Crippen molar-refractivity contribution in [1.82, 2.24) is 15.0 Å². The van der Waals surface area contributed by atoms with Crippen LogP contribution < -0.4 is 11.0 Å². The van der Waals surface area contributed by atoms with Gasteiger partial charge >= 0.3 is 5.97 Å². The first-order valence-electron chi connectivity index (χ1n) is 10.0. The molecule has 11 nitrogen and oxygen atoms in total. The average Bonchev–Trinajstić information content (AvgIpc) is 3.16. The normalized spacial score (nSPS) is 13.2. The highest BCUT2D eigenvalue weighted by Crippen LogP contribution is 2.19. The average molecular weight is 456 g/mol. The predicted molar refractivity (Wildman–Crippen MR) is 119 cm³/mol. The fourth-order valence-electron chi connectivity index (χ4n) is 3.14. The number of nitrogens with one attached hydrogen (secondary N) is 2. The van der Waals surface area contributed by atoms with E-state index in [0.29, 0.717) is 16.2 Å². The van der Waals surface area contributed by atoms with Gasteiger partial charge in [-0.1, -0.05) is 42.5 Å². The molecule has 1 fully saturated rings. The molecule has 11 heteroatoms. The van der Waals surface area contributed by atoms with Crippen molar-refractivity contribution in [3.05, 3.63) is 81.6 Å². The van der Waals surface area contributed by atoms with Gasteiger partial charge in [0.2, 0.25) is 5.95 Å². The van der Waals surface area contributed by atoms with E-state index in [1.807, 2.05) is 6.07 Å². The number of hydrogen-bond donors (Lipinski definition) is 2. The predicted octanol–water partition coefficient (Wildman–Crippen LogP) is 1.98. The number of benzene rings is 2. The van der Waals surface area contributed by atoms with E-state index in [2.05, 4.69) is 20.5 Å². The summed E-state index contributed by atoms with van der Waals surface area (Å²) < 4.78 is 0. The van der Waals surface area contributed by atoms with Crippen molar-refractivity contribution in [3.8, 4) is 17.3 Å². The second kappa shape index (κ2) is 9.58. The lowest BCUT2D eigenvalue weighted by Gasteiger charge is -2.12. The first-order chi connectivity index (χ1) is 16.5. The summed E-state index contributed by atoms with van der Waals surface area (Å²) in [5.74, 6) is -1.99. The largest absolute Gasteiger partial charge is 0.363 e. The molecule has 1 aromatic heterocycles. The van der Waals surface area contributed by atoms with Gasteiger partial charge in [-0.3, -0.25) is 19.4 Å². The molecule has 3 aromatic rings. The van der Waals surface area contributed by atoms with E-state index >= 15 is 0 Å². The van der Waals surface area contributed by atoms with Crippen LogP contribution in [0.1, 0.15) is 34.3 Å². The summed E-state index contributed by atoms with van der Waals surface area (Å²) in [7, 11) is 0. The number of anilines is 1. The van der Waals surface area contributed by atoms with E-state index < -0.39 is 23.3 Å². The van der Waals surface area contributed by atoms with Gasteiger partial charge in [0.15, 0.2) is 0 Å². The lowest BCUT2D eigenvalue weighted by Crippen LogP contribution is -2.32. The molecule has 0 bridgehead atoms. The standard InChI is InChI=1S/C23H16N6O5/c24-12-17-20(15-6-2-1-3-7-15)26-23(27-21(17)32)28-25-13-14-5-4-8-16(11-14)22(33)34-29-18(30)9-10-19(29)31/h1-8,11,13H,9-10H2,(H2,26,27,28,32). The summed E-state index contributed by atoms with van der Waals surface area (Å²) in [4.78, 5) is 59.5. The highest BCUT2D eigenvalue weighted by Gasteiger charge is 2.33. The molecule has 0 unspecified atom stereocenters. The summed E-state index contributed by atoms with van der Waals surface area (Å²) >= 11 is 0. The SMILES string of the molecule is N#Cc1c(-c2ccccc2)nc(NN=Cc2cccc(C(=O)ON3C(=O)CCC3=O)c2)[nH]c1=O. The first kappa shape index (κ1) is 22.1. The fraction of sp³-hybridized carbons (Fsp3) is 0.0870. The molecule has 1 aliphatic rings. The lowest BCUT2D eigenvalue weighted by molar-refractivity contribution is -0.172. The maximum absolute atomic E-state index is 12.3. The minimum Gasteiger partial charge on any atom is -0.325 e. The second-order valence-electron chi connectivity index (χ2n) is 7.07. The Morgan fingerprint density at radius 2 is 1.85 bits per heavy atom. The number of nitrogens with zero attached hydrogens (tertiary/aromatic N) is 4. The van der Waals surface area contributed by atoms with Crippen molar-refractivity contribution in [2.45, 2.75) is 12.8 Å². The lowest BCUT2D eigenvalue weighted by atomic mass is 10.1. The number of aromatic amines is 1. The molecule has 0 atom stereocenters. The molecule has 2 heterocycles. The van der Waals surface area contributed by atoms with Crippen LogP contribution in [0.25, 0.3) is 11.3 Å². The van der Waals surface area contributed by atoms with Crippen LogP contribution in [-0.4, -0.2) is 39.0 Å². The molecular formula is C23H16N6O5. The summed E-state index contributed by atoms with van der Waals surface area (Å²) in [6, 6.07) is 16.8. The number of imide groups is 1. The minimum atomic E-state index is -0.864. The Morgan fingerprint density at radius 1 is 1.12 bits per heavy atom. The van der Waals surface area contributed by atoms with Gasteiger partial charge in [0.25, 0.3) is 17.4 Å². The quantitative estimate of drug-likeness (QED) is 0.324. The first-order valence-corrected chi connectivity index (χ1v) is 10.0. The van der Waals surface area contributed by atoms with Gasteiger partial charge in [-0.25, -0.2) is 15.2 Å². The van der Waals surface area contributed by atoms with Gasteiger partial charge in [0.1, 0.15) is 11.6 Å². The van der Waals surface area contributed by atoms with Gasteiger partial charge < -0.3 is 4.84 Å². The number of hydroxylamine groups is 2. The number of carbonyl (C=O) groups is 3. The smallest absolute Gasteiger partial charge is 0.325 e. The van der Waals surface area contributed by atoms with Crippen molar-refractivity contribution < 1.29 is 19.2 Å². The third-order valence-electron chi connectivity index (χ3n) is 4.76. The summed E-state index contributed by atoms with van der Waals surface area (Å²) in [5.41, 5.74) is 3.25.